The highest BCUT2D eigenvalue weighted by atomic mass is 32.1. The van der Waals surface area contributed by atoms with Gasteiger partial charge in [-0.1, -0.05) is 30.3 Å². The number of carbonyl (C=O) groups excluding carboxylic acids is 2. The first kappa shape index (κ1) is 18.9. The van der Waals surface area contributed by atoms with Gasteiger partial charge in [-0.25, -0.2) is 4.79 Å². The van der Waals surface area contributed by atoms with Crippen molar-refractivity contribution in [1.29, 1.82) is 0 Å². The Hall–Kier alpha value is -2.41. The predicted octanol–water partition coefficient (Wildman–Crippen LogP) is 2.32. The molecule has 134 valence electrons. The van der Waals surface area contributed by atoms with Crippen molar-refractivity contribution in [3.05, 3.63) is 47.2 Å². The highest BCUT2D eigenvalue weighted by Gasteiger charge is 2.36. The van der Waals surface area contributed by atoms with Crippen LogP contribution in [0.3, 0.4) is 0 Å². The fraction of sp³-hybridized carbons (Fsp3) is 0.389. The highest BCUT2D eigenvalue weighted by molar-refractivity contribution is 7.80. The third-order valence-electron chi connectivity index (χ3n) is 3.94. The average molecular weight is 362 g/mol. The van der Waals surface area contributed by atoms with Gasteiger partial charge in [-0.2, -0.15) is 0 Å². The Kier molecular flexibility index (Phi) is 6.52. The molecule has 0 unspecified atom stereocenters. The lowest BCUT2D eigenvalue weighted by atomic mass is 9.94. The van der Waals surface area contributed by atoms with Crippen LogP contribution in [0.25, 0.3) is 0 Å². The second kappa shape index (κ2) is 8.62. The van der Waals surface area contributed by atoms with Crippen LogP contribution in [0.4, 0.5) is 0 Å². The summed E-state index contributed by atoms with van der Waals surface area (Å²) >= 11 is 5.45. The first-order chi connectivity index (χ1) is 12.0. The molecule has 1 heterocycles. The molecule has 1 aromatic carbocycles. The summed E-state index contributed by atoms with van der Waals surface area (Å²) in [4.78, 5) is 25.9. The van der Waals surface area contributed by atoms with E-state index in [0.717, 1.165) is 5.56 Å². The Morgan fingerprint density at radius 2 is 1.96 bits per heavy atom. The molecule has 7 heteroatoms. The van der Waals surface area contributed by atoms with E-state index in [9.17, 15) is 9.59 Å². The molecule has 1 atom stereocenters. The van der Waals surface area contributed by atoms with Crippen molar-refractivity contribution in [2.24, 2.45) is 0 Å². The molecule has 0 radical (unpaired) electrons. The van der Waals surface area contributed by atoms with Crippen LogP contribution in [0.2, 0.25) is 0 Å². The highest BCUT2D eigenvalue weighted by Crippen LogP contribution is 2.34. The molecule has 6 nitrogen and oxygen atoms in total. The molecule has 1 N–H and O–H groups in total. The molecule has 0 amide bonds. The minimum absolute atomic E-state index is 0.163. The monoisotopic (exact) mass is 362 g/mol. The Morgan fingerprint density at radius 3 is 2.56 bits per heavy atom. The molecule has 0 aliphatic carbocycles. The van der Waals surface area contributed by atoms with Crippen molar-refractivity contribution >= 4 is 29.3 Å². The quantitative estimate of drug-likeness (QED) is 0.615. The zero-order valence-corrected chi connectivity index (χ0v) is 15.4. The minimum atomic E-state index is -0.418. The molecule has 0 fully saturated rings. The lowest BCUT2D eigenvalue weighted by Gasteiger charge is -2.39. The summed E-state index contributed by atoms with van der Waals surface area (Å²) in [6.45, 7) is 4.17. The molecule has 0 spiro atoms. The van der Waals surface area contributed by atoms with Crippen LogP contribution in [0, 0.1) is 0 Å². The van der Waals surface area contributed by atoms with E-state index < -0.39 is 12.0 Å². The van der Waals surface area contributed by atoms with Crippen LogP contribution < -0.4 is 5.32 Å². The maximum atomic E-state index is 12.6. The molecule has 25 heavy (non-hydrogen) atoms. The summed E-state index contributed by atoms with van der Waals surface area (Å²) < 4.78 is 9.95. The normalized spacial score (nSPS) is 17.2. The van der Waals surface area contributed by atoms with Crippen LogP contribution in [0.1, 0.15) is 31.9 Å². The predicted molar refractivity (Wildman–Crippen MR) is 97.6 cm³/mol. The van der Waals surface area contributed by atoms with E-state index in [2.05, 4.69) is 5.32 Å². The number of methoxy groups -OCH3 is 1. The van der Waals surface area contributed by atoms with Crippen LogP contribution >= 0.6 is 12.2 Å². The van der Waals surface area contributed by atoms with Crippen molar-refractivity contribution in [1.82, 2.24) is 10.2 Å². The van der Waals surface area contributed by atoms with Gasteiger partial charge in [-0.3, -0.25) is 4.79 Å². The second-order valence-electron chi connectivity index (χ2n) is 5.52. The summed E-state index contributed by atoms with van der Waals surface area (Å²) in [7, 11) is 1.35. The van der Waals surface area contributed by atoms with Gasteiger partial charge in [0.25, 0.3) is 0 Å². The molecule has 1 aliphatic rings. The molecule has 1 aromatic rings. The van der Waals surface area contributed by atoms with Gasteiger partial charge in [0, 0.05) is 12.2 Å². The Balaban J connectivity index is 2.45. The first-order valence-corrected chi connectivity index (χ1v) is 8.47. The van der Waals surface area contributed by atoms with Gasteiger partial charge >= 0.3 is 11.9 Å². The molecule has 0 bridgehead atoms. The van der Waals surface area contributed by atoms with Crippen molar-refractivity contribution < 1.29 is 19.1 Å². The molecule has 0 saturated carbocycles. The van der Waals surface area contributed by atoms with Gasteiger partial charge in [0.05, 0.1) is 31.8 Å². The number of allylic oxidation sites excluding steroid dienone is 1. The summed E-state index contributed by atoms with van der Waals surface area (Å²) in [5, 5.41) is 3.51. The van der Waals surface area contributed by atoms with Crippen molar-refractivity contribution in [2.75, 3.05) is 20.3 Å². The van der Waals surface area contributed by atoms with E-state index in [-0.39, 0.29) is 19.0 Å². The van der Waals surface area contributed by atoms with E-state index in [1.807, 2.05) is 35.2 Å². The lowest BCUT2D eigenvalue weighted by molar-refractivity contribution is -0.140. The van der Waals surface area contributed by atoms with Crippen molar-refractivity contribution in [2.45, 2.75) is 26.3 Å². The summed E-state index contributed by atoms with van der Waals surface area (Å²) in [6, 6.07) is 9.14. The maximum Gasteiger partial charge on any atom is 0.338 e. The number of nitrogens with one attached hydrogen (secondary N) is 1. The first-order valence-electron chi connectivity index (χ1n) is 8.06. The lowest BCUT2D eigenvalue weighted by Crippen LogP contribution is -2.49. The largest absolute Gasteiger partial charge is 0.469 e. The molecule has 2 rings (SSSR count). The number of thiocarbonyl (C=S) groups is 1. The van der Waals surface area contributed by atoms with E-state index in [1.54, 1.807) is 13.8 Å². The van der Waals surface area contributed by atoms with Gasteiger partial charge in [0.2, 0.25) is 0 Å². The smallest absolute Gasteiger partial charge is 0.338 e. The summed E-state index contributed by atoms with van der Waals surface area (Å²) in [6.07, 6.45) is 0.163. The van der Waals surface area contributed by atoms with Gasteiger partial charge in [0.15, 0.2) is 5.11 Å². The van der Waals surface area contributed by atoms with E-state index >= 15 is 0 Å². The van der Waals surface area contributed by atoms with Gasteiger partial charge < -0.3 is 19.7 Å². The number of carbonyl (C=O) groups is 2. The van der Waals surface area contributed by atoms with Crippen LogP contribution in [0.15, 0.2) is 41.6 Å². The zero-order valence-electron chi connectivity index (χ0n) is 14.6. The number of hydrogen-bond donors (Lipinski definition) is 1. The number of ether oxygens (including phenoxy) is 2. The second-order valence-corrected chi connectivity index (χ2v) is 5.91. The van der Waals surface area contributed by atoms with Crippen molar-refractivity contribution in [3.63, 3.8) is 0 Å². The SMILES string of the molecule is CCOC(=O)C1=C(C)NC(=S)N(CCC(=O)OC)[C@@H]1c1ccccc1. The van der Waals surface area contributed by atoms with Crippen LogP contribution in [-0.4, -0.2) is 42.2 Å². The van der Waals surface area contributed by atoms with Gasteiger partial charge in [0.1, 0.15) is 0 Å². The molecule has 0 saturated heterocycles. The van der Waals surface area contributed by atoms with Gasteiger partial charge in [-0.05, 0) is 31.6 Å². The molecule has 0 aromatic heterocycles. The molecule has 1 aliphatic heterocycles. The fourth-order valence-electron chi connectivity index (χ4n) is 2.78. The van der Waals surface area contributed by atoms with Crippen LogP contribution in [0.5, 0.6) is 0 Å². The Labute approximate surface area is 152 Å². The summed E-state index contributed by atoms with van der Waals surface area (Å²) in [5.74, 6) is -0.731. The maximum absolute atomic E-state index is 12.6. The number of hydrogen-bond acceptors (Lipinski definition) is 5. The standard InChI is InChI=1S/C18H22N2O4S/c1-4-24-17(22)15-12(2)19-18(25)20(11-10-14(21)23-3)16(15)13-8-6-5-7-9-13/h5-9,16H,4,10-11H2,1-3H3,(H,19,25)/t16-/m1/s1. The third-order valence-corrected chi connectivity index (χ3v) is 4.28. The number of esters is 2. The summed E-state index contributed by atoms with van der Waals surface area (Å²) in [5.41, 5.74) is 2.05. The van der Waals surface area contributed by atoms with E-state index in [4.69, 9.17) is 21.7 Å². The Morgan fingerprint density at radius 1 is 1.28 bits per heavy atom. The van der Waals surface area contributed by atoms with Crippen LogP contribution in [-0.2, 0) is 19.1 Å². The van der Waals surface area contributed by atoms with E-state index in [0.29, 0.717) is 22.9 Å². The van der Waals surface area contributed by atoms with Crippen molar-refractivity contribution in [3.8, 4) is 0 Å². The fourth-order valence-corrected chi connectivity index (χ4v) is 3.13. The van der Waals surface area contributed by atoms with E-state index in [1.165, 1.54) is 7.11 Å². The van der Waals surface area contributed by atoms with Gasteiger partial charge in [-0.15, -0.1) is 0 Å². The third kappa shape index (κ3) is 4.36. The minimum Gasteiger partial charge on any atom is -0.469 e. The Bertz CT molecular complexity index is 688. The average Bonchev–Trinajstić information content (AvgIpc) is 2.60. The number of benzene rings is 1. The molecular weight excluding hydrogens is 340 g/mol. The number of nitrogens with zero attached hydrogens (tertiary/aromatic N) is 1. The zero-order chi connectivity index (χ0) is 18.4. The molecular formula is C18H22N2O4S. The number of rotatable bonds is 6. The topological polar surface area (TPSA) is 67.9 Å².